The number of rotatable bonds is 6. The van der Waals surface area contributed by atoms with Gasteiger partial charge in [0, 0.05) is 12.5 Å². The van der Waals surface area contributed by atoms with Crippen LogP contribution in [0.2, 0.25) is 0 Å². The summed E-state index contributed by atoms with van der Waals surface area (Å²) >= 11 is 0. The summed E-state index contributed by atoms with van der Waals surface area (Å²) < 4.78 is 5.74. The van der Waals surface area contributed by atoms with Gasteiger partial charge < -0.3 is 15.8 Å². The summed E-state index contributed by atoms with van der Waals surface area (Å²) in [5, 5.41) is 2.93. The highest BCUT2D eigenvalue weighted by atomic mass is 35.5. The summed E-state index contributed by atoms with van der Waals surface area (Å²) in [6.07, 6.45) is 3.81. The first-order valence-electron chi connectivity index (χ1n) is 8.62. The molecule has 1 aliphatic rings. The second-order valence-corrected chi connectivity index (χ2v) is 7.54. The van der Waals surface area contributed by atoms with Crippen LogP contribution < -0.4 is 15.8 Å². The van der Waals surface area contributed by atoms with Crippen molar-refractivity contribution >= 4 is 18.3 Å². The highest BCUT2D eigenvalue weighted by Gasteiger charge is 2.25. The van der Waals surface area contributed by atoms with Gasteiger partial charge in [0.2, 0.25) is 5.91 Å². The predicted octanol–water partition coefficient (Wildman–Crippen LogP) is 3.42. The maximum absolute atomic E-state index is 11.9. The van der Waals surface area contributed by atoms with E-state index in [4.69, 9.17) is 10.5 Å². The molecule has 1 fully saturated rings. The van der Waals surface area contributed by atoms with Crippen molar-refractivity contribution in [3.8, 4) is 5.75 Å². The molecule has 136 valence electrons. The van der Waals surface area contributed by atoms with Gasteiger partial charge >= 0.3 is 0 Å². The Morgan fingerprint density at radius 2 is 2.08 bits per heavy atom. The number of amides is 1. The zero-order valence-electron chi connectivity index (χ0n) is 15.0. The van der Waals surface area contributed by atoms with Crippen molar-refractivity contribution in [2.75, 3.05) is 13.2 Å². The second kappa shape index (κ2) is 9.28. The average Bonchev–Trinajstić information content (AvgIpc) is 2.88. The van der Waals surface area contributed by atoms with Crippen molar-refractivity contribution in [1.82, 2.24) is 5.32 Å². The van der Waals surface area contributed by atoms with Crippen LogP contribution in [0.3, 0.4) is 0 Å². The Bertz CT molecular complexity index is 528. The van der Waals surface area contributed by atoms with Crippen molar-refractivity contribution in [3.63, 3.8) is 0 Å². The number of hydrogen-bond donors (Lipinski definition) is 2. The smallest absolute Gasteiger partial charge is 0.220 e. The molecular formula is C19H31ClN2O2. The van der Waals surface area contributed by atoms with Gasteiger partial charge in [0.05, 0.1) is 6.54 Å². The van der Waals surface area contributed by atoms with Crippen molar-refractivity contribution in [3.05, 3.63) is 29.8 Å². The van der Waals surface area contributed by atoms with Gasteiger partial charge in [0.25, 0.3) is 0 Å². The lowest BCUT2D eigenvalue weighted by Gasteiger charge is -2.20. The highest BCUT2D eigenvalue weighted by molar-refractivity contribution is 5.85. The van der Waals surface area contributed by atoms with E-state index in [1.54, 1.807) is 0 Å². The number of benzene rings is 1. The standard InChI is InChI=1S/C19H30N2O2.ClH/c1-19(2,3)15-7-5-8-16(13-15)23-11-10-21-18(22)12-14-6-4-9-17(14)20;/h5,7-8,13-14,17H,4,6,9-12,20H2,1-3H3,(H,21,22);1H/t14-,17+;/m0./s1. The van der Waals surface area contributed by atoms with Gasteiger partial charge in [-0.3, -0.25) is 4.79 Å². The number of ether oxygens (including phenoxy) is 1. The number of hydrogen-bond acceptors (Lipinski definition) is 3. The summed E-state index contributed by atoms with van der Waals surface area (Å²) in [6.45, 7) is 7.55. The lowest BCUT2D eigenvalue weighted by atomic mass is 9.87. The van der Waals surface area contributed by atoms with Crippen molar-refractivity contribution in [1.29, 1.82) is 0 Å². The molecule has 1 aliphatic carbocycles. The minimum absolute atomic E-state index is 0. The van der Waals surface area contributed by atoms with Crippen LogP contribution >= 0.6 is 12.4 Å². The fourth-order valence-electron chi connectivity index (χ4n) is 3.04. The van der Waals surface area contributed by atoms with Crippen LogP contribution in [-0.2, 0) is 10.2 Å². The Hall–Kier alpha value is -1.26. The third-order valence-electron chi connectivity index (χ3n) is 4.56. The summed E-state index contributed by atoms with van der Waals surface area (Å²) in [5.74, 6) is 1.28. The van der Waals surface area contributed by atoms with E-state index in [1.165, 1.54) is 5.56 Å². The monoisotopic (exact) mass is 354 g/mol. The molecule has 24 heavy (non-hydrogen) atoms. The van der Waals surface area contributed by atoms with E-state index in [2.05, 4.69) is 38.2 Å². The summed E-state index contributed by atoms with van der Waals surface area (Å²) in [6, 6.07) is 8.33. The van der Waals surface area contributed by atoms with Crippen LogP contribution in [0.15, 0.2) is 24.3 Å². The molecule has 1 aromatic rings. The minimum Gasteiger partial charge on any atom is -0.492 e. The lowest BCUT2D eigenvalue weighted by Crippen LogP contribution is -2.33. The highest BCUT2D eigenvalue weighted by Crippen LogP contribution is 2.27. The second-order valence-electron chi connectivity index (χ2n) is 7.54. The van der Waals surface area contributed by atoms with Gasteiger partial charge in [0.1, 0.15) is 12.4 Å². The zero-order chi connectivity index (χ0) is 16.9. The van der Waals surface area contributed by atoms with Crippen molar-refractivity contribution < 1.29 is 9.53 Å². The molecule has 5 heteroatoms. The number of nitrogens with two attached hydrogens (primary N) is 1. The minimum atomic E-state index is 0. The van der Waals surface area contributed by atoms with Crippen molar-refractivity contribution in [2.45, 2.75) is 57.9 Å². The summed E-state index contributed by atoms with van der Waals surface area (Å²) in [5.41, 5.74) is 7.35. The van der Waals surface area contributed by atoms with Crippen LogP contribution in [0.1, 0.15) is 52.0 Å². The Kier molecular flexibility index (Phi) is 8.04. The molecule has 0 unspecified atom stereocenters. The Balaban J connectivity index is 0.00000288. The van der Waals surface area contributed by atoms with Gasteiger partial charge in [-0.25, -0.2) is 0 Å². The van der Waals surface area contributed by atoms with E-state index < -0.39 is 0 Å². The molecule has 1 amide bonds. The number of nitrogens with one attached hydrogen (secondary N) is 1. The molecule has 1 aromatic carbocycles. The van der Waals surface area contributed by atoms with E-state index in [0.29, 0.717) is 25.5 Å². The Labute approximate surface area is 151 Å². The molecule has 0 heterocycles. The van der Waals surface area contributed by atoms with Gasteiger partial charge in [-0.2, -0.15) is 0 Å². The fraction of sp³-hybridized carbons (Fsp3) is 0.632. The Morgan fingerprint density at radius 3 is 2.71 bits per heavy atom. The molecule has 3 N–H and O–H groups in total. The van der Waals surface area contributed by atoms with E-state index in [-0.39, 0.29) is 29.8 Å². The molecule has 0 saturated heterocycles. The lowest BCUT2D eigenvalue weighted by molar-refractivity contribution is -0.122. The SMILES string of the molecule is CC(C)(C)c1cccc(OCCNC(=O)C[C@@H]2CCC[C@H]2N)c1.Cl. The Morgan fingerprint density at radius 1 is 1.33 bits per heavy atom. The van der Waals surface area contributed by atoms with Crippen LogP contribution in [0.25, 0.3) is 0 Å². The van der Waals surface area contributed by atoms with E-state index in [9.17, 15) is 4.79 Å². The van der Waals surface area contributed by atoms with E-state index >= 15 is 0 Å². The summed E-state index contributed by atoms with van der Waals surface area (Å²) in [4.78, 5) is 11.9. The number of halogens is 1. The molecule has 2 atom stereocenters. The predicted molar refractivity (Wildman–Crippen MR) is 101 cm³/mol. The first kappa shape index (κ1) is 20.8. The van der Waals surface area contributed by atoms with Gasteiger partial charge in [-0.1, -0.05) is 39.3 Å². The molecule has 0 spiro atoms. The van der Waals surface area contributed by atoms with Crippen LogP contribution in [0, 0.1) is 5.92 Å². The molecule has 2 rings (SSSR count). The van der Waals surface area contributed by atoms with Crippen LogP contribution in [0.5, 0.6) is 5.75 Å². The molecule has 0 bridgehead atoms. The van der Waals surface area contributed by atoms with Crippen molar-refractivity contribution in [2.24, 2.45) is 11.7 Å². The van der Waals surface area contributed by atoms with E-state index in [0.717, 1.165) is 25.0 Å². The first-order valence-corrected chi connectivity index (χ1v) is 8.62. The maximum Gasteiger partial charge on any atom is 0.220 e. The molecule has 1 saturated carbocycles. The zero-order valence-corrected chi connectivity index (χ0v) is 15.8. The van der Waals surface area contributed by atoms with Crippen LogP contribution in [-0.4, -0.2) is 25.1 Å². The normalized spacial score (nSPS) is 20.3. The number of carbonyl (C=O) groups is 1. The quantitative estimate of drug-likeness (QED) is 0.769. The fourth-order valence-corrected chi connectivity index (χ4v) is 3.04. The number of carbonyl (C=O) groups excluding carboxylic acids is 1. The van der Waals surface area contributed by atoms with Gasteiger partial charge in [0.15, 0.2) is 0 Å². The van der Waals surface area contributed by atoms with Gasteiger partial charge in [-0.05, 0) is 41.9 Å². The molecular weight excluding hydrogens is 324 g/mol. The molecule has 0 aliphatic heterocycles. The largest absolute Gasteiger partial charge is 0.492 e. The third-order valence-corrected chi connectivity index (χ3v) is 4.56. The summed E-state index contributed by atoms with van der Waals surface area (Å²) in [7, 11) is 0. The molecule has 4 nitrogen and oxygen atoms in total. The topological polar surface area (TPSA) is 64.3 Å². The van der Waals surface area contributed by atoms with Crippen LogP contribution in [0.4, 0.5) is 0 Å². The molecule has 0 radical (unpaired) electrons. The third kappa shape index (κ3) is 6.33. The van der Waals surface area contributed by atoms with E-state index in [1.807, 2.05) is 12.1 Å². The first-order chi connectivity index (χ1) is 10.9. The average molecular weight is 355 g/mol. The van der Waals surface area contributed by atoms with Gasteiger partial charge in [-0.15, -0.1) is 12.4 Å². The molecule has 0 aromatic heterocycles. The maximum atomic E-state index is 11.9.